The van der Waals surface area contributed by atoms with Crippen molar-refractivity contribution in [1.82, 2.24) is 4.90 Å². The molecule has 0 saturated carbocycles. The van der Waals surface area contributed by atoms with E-state index in [0.29, 0.717) is 5.41 Å². The summed E-state index contributed by atoms with van der Waals surface area (Å²) in [5.41, 5.74) is 6.43. The summed E-state index contributed by atoms with van der Waals surface area (Å²) < 4.78 is 0. The van der Waals surface area contributed by atoms with Crippen molar-refractivity contribution in [3.63, 3.8) is 0 Å². The van der Waals surface area contributed by atoms with Crippen molar-refractivity contribution in [2.24, 2.45) is 22.1 Å². The lowest BCUT2D eigenvalue weighted by Gasteiger charge is -2.31. The van der Waals surface area contributed by atoms with E-state index in [4.69, 9.17) is 5.73 Å². The van der Waals surface area contributed by atoms with Gasteiger partial charge in [0.2, 0.25) is 0 Å². The monoisotopic (exact) mass is 367 g/mol. The van der Waals surface area contributed by atoms with Gasteiger partial charge in [-0.25, -0.2) is 0 Å². The van der Waals surface area contributed by atoms with Crippen LogP contribution in [0.25, 0.3) is 0 Å². The molecule has 1 aliphatic rings. The molecule has 1 heterocycles. The average Bonchev–Trinajstić information content (AvgIpc) is 2.24. The topological polar surface area (TPSA) is 41.6 Å². The minimum absolute atomic E-state index is 0. The number of guanidine groups is 1. The molecule has 0 aromatic heterocycles. The molecule has 0 amide bonds. The number of nitrogens with zero attached hydrogens (tertiary/aromatic N) is 2. The van der Waals surface area contributed by atoms with Crippen molar-refractivity contribution in [3.05, 3.63) is 0 Å². The SMILES string of the molecule is CC1CCN(C(N)=NCCCC(C)(C)C)CC1.I. The summed E-state index contributed by atoms with van der Waals surface area (Å²) in [6, 6.07) is 0. The molecule has 1 saturated heterocycles. The molecule has 3 nitrogen and oxygen atoms in total. The molecular weight excluding hydrogens is 337 g/mol. The smallest absolute Gasteiger partial charge is 0.191 e. The van der Waals surface area contributed by atoms with E-state index in [0.717, 1.165) is 37.9 Å². The highest BCUT2D eigenvalue weighted by molar-refractivity contribution is 14.0. The second kappa shape index (κ2) is 8.23. The average molecular weight is 367 g/mol. The van der Waals surface area contributed by atoms with Gasteiger partial charge in [-0.3, -0.25) is 4.99 Å². The number of hydrogen-bond donors (Lipinski definition) is 1. The van der Waals surface area contributed by atoms with E-state index in [2.05, 4.69) is 37.6 Å². The maximum absolute atomic E-state index is 6.02. The van der Waals surface area contributed by atoms with Gasteiger partial charge in [-0.1, -0.05) is 27.7 Å². The molecular formula is C14H30IN3. The maximum Gasteiger partial charge on any atom is 0.191 e. The summed E-state index contributed by atoms with van der Waals surface area (Å²) in [5.74, 6) is 1.60. The Bertz CT molecular complexity index is 250. The largest absolute Gasteiger partial charge is 0.370 e. The van der Waals surface area contributed by atoms with Crippen molar-refractivity contribution in [2.75, 3.05) is 19.6 Å². The summed E-state index contributed by atoms with van der Waals surface area (Å²) in [6.07, 6.45) is 4.84. The Hall–Kier alpha value is 0. The zero-order chi connectivity index (χ0) is 12.9. The predicted molar refractivity (Wildman–Crippen MR) is 90.6 cm³/mol. The minimum atomic E-state index is 0. The molecule has 0 bridgehead atoms. The van der Waals surface area contributed by atoms with Crippen LogP contribution in [0.1, 0.15) is 53.4 Å². The lowest BCUT2D eigenvalue weighted by atomic mass is 9.91. The summed E-state index contributed by atoms with van der Waals surface area (Å²) in [4.78, 5) is 6.73. The van der Waals surface area contributed by atoms with E-state index >= 15 is 0 Å². The van der Waals surface area contributed by atoms with Crippen LogP contribution < -0.4 is 5.73 Å². The normalized spacial score (nSPS) is 18.7. The highest BCUT2D eigenvalue weighted by atomic mass is 127. The second-order valence-electron chi connectivity index (χ2n) is 6.57. The lowest BCUT2D eigenvalue weighted by molar-refractivity contribution is 0.277. The Morgan fingerprint density at radius 3 is 2.33 bits per heavy atom. The maximum atomic E-state index is 6.02. The van der Waals surface area contributed by atoms with Crippen LogP contribution in [0.3, 0.4) is 0 Å². The van der Waals surface area contributed by atoms with Crippen LogP contribution >= 0.6 is 24.0 Å². The number of nitrogens with two attached hydrogens (primary N) is 1. The van der Waals surface area contributed by atoms with Crippen LogP contribution in [0.4, 0.5) is 0 Å². The van der Waals surface area contributed by atoms with Crippen LogP contribution in [0.15, 0.2) is 4.99 Å². The number of hydrogen-bond acceptors (Lipinski definition) is 1. The van der Waals surface area contributed by atoms with Gasteiger partial charge in [0.05, 0.1) is 0 Å². The standard InChI is InChI=1S/C14H29N3.HI/c1-12-6-10-17(11-7-12)13(15)16-9-5-8-14(2,3)4;/h12H,5-11H2,1-4H3,(H2,15,16);1H. The molecule has 0 spiro atoms. The van der Waals surface area contributed by atoms with Crippen LogP contribution in [0.5, 0.6) is 0 Å². The first-order valence-electron chi connectivity index (χ1n) is 6.93. The lowest BCUT2D eigenvalue weighted by Crippen LogP contribution is -2.42. The summed E-state index contributed by atoms with van der Waals surface area (Å²) >= 11 is 0. The molecule has 0 unspecified atom stereocenters. The molecule has 1 aliphatic heterocycles. The van der Waals surface area contributed by atoms with Crippen molar-refractivity contribution in [3.8, 4) is 0 Å². The van der Waals surface area contributed by atoms with E-state index in [9.17, 15) is 0 Å². The fourth-order valence-corrected chi connectivity index (χ4v) is 2.14. The number of rotatable bonds is 3. The predicted octanol–water partition coefficient (Wildman–Crippen LogP) is 3.48. The third-order valence-electron chi connectivity index (χ3n) is 3.47. The molecule has 0 aromatic carbocycles. The Morgan fingerprint density at radius 2 is 1.83 bits per heavy atom. The van der Waals surface area contributed by atoms with Crippen molar-refractivity contribution < 1.29 is 0 Å². The van der Waals surface area contributed by atoms with E-state index in [1.54, 1.807) is 0 Å². The third kappa shape index (κ3) is 7.44. The quantitative estimate of drug-likeness (QED) is 0.359. The van der Waals surface area contributed by atoms with Gasteiger partial charge < -0.3 is 10.6 Å². The van der Waals surface area contributed by atoms with Crippen molar-refractivity contribution in [1.29, 1.82) is 0 Å². The first-order valence-corrected chi connectivity index (χ1v) is 6.93. The van der Waals surface area contributed by atoms with Crippen LogP contribution in [-0.4, -0.2) is 30.5 Å². The van der Waals surface area contributed by atoms with Gasteiger partial charge in [0.1, 0.15) is 0 Å². The van der Waals surface area contributed by atoms with Crippen LogP contribution in [0.2, 0.25) is 0 Å². The van der Waals surface area contributed by atoms with Gasteiger partial charge in [0, 0.05) is 19.6 Å². The first-order chi connectivity index (χ1) is 7.88. The van der Waals surface area contributed by atoms with Gasteiger partial charge in [-0.15, -0.1) is 24.0 Å². The highest BCUT2D eigenvalue weighted by Gasteiger charge is 2.16. The highest BCUT2D eigenvalue weighted by Crippen LogP contribution is 2.20. The molecule has 0 aliphatic carbocycles. The van der Waals surface area contributed by atoms with E-state index in [1.807, 2.05) is 0 Å². The van der Waals surface area contributed by atoms with Gasteiger partial charge in [0.15, 0.2) is 5.96 Å². The number of aliphatic imine (C=N–C) groups is 1. The fraction of sp³-hybridized carbons (Fsp3) is 0.929. The molecule has 1 rings (SSSR count). The van der Waals surface area contributed by atoms with E-state index < -0.39 is 0 Å². The van der Waals surface area contributed by atoms with Crippen molar-refractivity contribution in [2.45, 2.75) is 53.4 Å². The Labute approximate surface area is 130 Å². The van der Waals surface area contributed by atoms with Gasteiger partial charge in [0.25, 0.3) is 0 Å². The Balaban J connectivity index is 0.00000289. The first kappa shape index (κ1) is 18.0. The van der Waals surface area contributed by atoms with Gasteiger partial charge in [-0.2, -0.15) is 0 Å². The molecule has 1 fully saturated rings. The molecule has 2 N–H and O–H groups in total. The Morgan fingerprint density at radius 1 is 1.28 bits per heavy atom. The van der Waals surface area contributed by atoms with E-state index in [-0.39, 0.29) is 24.0 Å². The van der Waals surface area contributed by atoms with E-state index in [1.165, 1.54) is 19.3 Å². The fourth-order valence-electron chi connectivity index (χ4n) is 2.14. The summed E-state index contributed by atoms with van der Waals surface area (Å²) in [7, 11) is 0. The number of likely N-dealkylation sites (tertiary alicyclic amines) is 1. The van der Waals surface area contributed by atoms with Gasteiger partial charge >= 0.3 is 0 Å². The zero-order valence-electron chi connectivity index (χ0n) is 12.4. The minimum Gasteiger partial charge on any atom is -0.370 e. The molecule has 0 aromatic rings. The second-order valence-corrected chi connectivity index (χ2v) is 6.57. The molecule has 108 valence electrons. The third-order valence-corrected chi connectivity index (χ3v) is 3.47. The Kier molecular flexibility index (Phi) is 8.23. The zero-order valence-corrected chi connectivity index (χ0v) is 14.7. The van der Waals surface area contributed by atoms with Crippen molar-refractivity contribution >= 4 is 29.9 Å². The molecule has 0 atom stereocenters. The molecule has 18 heavy (non-hydrogen) atoms. The summed E-state index contributed by atoms with van der Waals surface area (Å²) in [5, 5.41) is 0. The number of piperidine rings is 1. The van der Waals surface area contributed by atoms with Crippen LogP contribution in [-0.2, 0) is 0 Å². The summed E-state index contributed by atoms with van der Waals surface area (Å²) in [6.45, 7) is 12.2. The number of halogens is 1. The molecule has 0 radical (unpaired) electrons. The molecule has 4 heteroatoms. The van der Waals surface area contributed by atoms with Gasteiger partial charge in [-0.05, 0) is 37.0 Å². The van der Waals surface area contributed by atoms with Crippen LogP contribution in [0, 0.1) is 11.3 Å².